The van der Waals surface area contributed by atoms with Crippen LogP contribution in [0.1, 0.15) is 16.7 Å². The average molecular weight is 518 g/mol. The number of hydrogen-bond donors (Lipinski definition) is 1. The topological polar surface area (TPSA) is 60.9 Å². The maximum Gasteiger partial charge on any atom is 0.416 e. The Morgan fingerprint density at radius 3 is 1.94 bits per heavy atom. The van der Waals surface area contributed by atoms with Gasteiger partial charge in [0.25, 0.3) is 0 Å². The van der Waals surface area contributed by atoms with Crippen molar-refractivity contribution in [2.24, 2.45) is 0 Å². The molecule has 0 aromatic heterocycles. The standard InChI is InChI=1S/C23H20F6N2O3S/c24-22(25,26)16-11-17(23(27,28)29)13-18(12-16)35(33,34)31-9-7-30(8-10-31)14-20-19-4-2-1-3-15(19)5-6-21(20)32/h1-6,11-13,32H,7-10,14H2. The molecule has 0 atom stereocenters. The lowest BCUT2D eigenvalue weighted by Gasteiger charge is -2.34. The van der Waals surface area contributed by atoms with Crippen LogP contribution in [-0.4, -0.2) is 48.9 Å². The van der Waals surface area contributed by atoms with Crippen molar-refractivity contribution in [1.82, 2.24) is 9.21 Å². The maximum absolute atomic E-state index is 13.2. The van der Waals surface area contributed by atoms with Gasteiger partial charge in [0.15, 0.2) is 0 Å². The number of aromatic hydroxyl groups is 1. The average Bonchev–Trinajstić information content (AvgIpc) is 2.80. The Balaban J connectivity index is 1.56. The Hall–Kier alpha value is -2.83. The zero-order valence-corrected chi connectivity index (χ0v) is 18.9. The highest BCUT2D eigenvalue weighted by molar-refractivity contribution is 7.89. The molecule has 0 saturated carbocycles. The first-order chi connectivity index (χ1) is 16.3. The molecule has 188 valence electrons. The summed E-state index contributed by atoms with van der Waals surface area (Å²) in [6.45, 7) is 0.375. The zero-order chi connectivity index (χ0) is 25.6. The lowest BCUT2D eigenvalue weighted by molar-refractivity contribution is -0.143. The van der Waals surface area contributed by atoms with Crippen LogP contribution < -0.4 is 0 Å². The molecule has 1 aliphatic rings. The van der Waals surface area contributed by atoms with Crippen molar-refractivity contribution in [3.05, 3.63) is 71.3 Å². The van der Waals surface area contributed by atoms with E-state index in [1.165, 1.54) is 0 Å². The van der Waals surface area contributed by atoms with E-state index in [4.69, 9.17) is 0 Å². The molecule has 3 aromatic carbocycles. The van der Waals surface area contributed by atoms with Crippen LogP contribution in [0.15, 0.2) is 59.5 Å². The summed E-state index contributed by atoms with van der Waals surface area (Å²) in [5.41, 5.74) is -2.72. The number of piperazine rings is 1. The Morgan fingerprint density at radius 1 is 0.800 bits per heavy atom. The molecule has 0 amide bonds. The van der Waals surface area contributed by atoms with Crippen molar-refractivity contribution in [3.8, 4) is 5.75 Å². The van der Waals surface area contributed by atoms with E-state index in [1.54, 1.807) is 12.1 Å². The van der Waals surface area contributed by atoms with Crippen LogP contribution >= 0.6 is 0 Å². The summed E-state index contributed by atoms with van der Waals surface area (Å²) in [4.78, 5) is 0.806. The number of halogens is 6. The minimum absolute atomic E-state index is 0.0717. The monoisotopic (exact) mass is 518 g/mol. The molecule has 1 heterocycles. The minimum atomic E-state index is -5.15. The van der Waals surface area contributed by atoms with Gasteiger partial charge in [-0.2, -0.15) is 30.6 Å². The molecule has 12 heteroatoms. The number of sulfonamides is 1. The van der Waals surface area contributed by atoms with Gasteiger partial charge in [-0.15, -0.1) is 0 Å². The number of nitrogens with zero attached hydrogens (tertiary/aromatic N) is 2. The molecule has 35 heavy (non-hydrogen) atoms. The number of benzene rings is 3. The van der Waals surface area contributed by atoms with Gasteiger partial charge in [0, 0.05) is 38.3 Å². The summed E-state index contributed by atoms with van der Waals surface area (Å²) < 4.78 is 106. The van der Waals surface area contributed by atoms with Crippen LogP contribution in [0.2, 0.25) is 0 Å². The third-order valence-electron chi connectivity index (χ3n) is 5.93. The largest absolute Gasteiger partial charge is 0.508 e. The Morgan fingerprint density at radius 2 is 1.37 bits per heavy atom. The van der Waals surface area contributed by atoms with E-state index in [1.807, 2.05) is 29.2 Å². The predicted molar refractivity (Wildman–Crippen MR) is 116 cm³/mol. The van der Waals surface area contributed by atoms with Crippen molar-refractivity contribution >= 4 is 20.8 Å². The molecule has 5 nitrogen and oxygen atoms in total. The first-order valence-electron chi connectivity index (χ1n) is 10.5. The molecule has 0 radical (unpaired) electrons. The lowest BCUT2D eigenvalue weighted by Crippen LogP contribution is -2.48. The van der Waals surface area contributed by atoms with E-state index >= 15 is 0 Å². The molecular weight excluding hydrogens is 498 g/mol. The maximum atomic E-state index is 13.2. The van der Waals surface area contributed by atoms with Crippen molar-refractivity contribution in [2.75, 3.05) is 26.2 Å². The van der Waals surface area contributed by atoms with E-state index < -0.39 is 38.4 Å². The smallest absolute Gasteiger partial charge is 0.416 e. The number of alkyl halides is 6. The number of rotatable bonds is 4. The van der Waals surface area contributed by atoms with Crippen LogP contribution in [0.5, 0.6) is 5.75 Å². The summed E-state index contributed by atoms with van der Waals surface area (Å²) in [6.07, 6.45) is -10.3. The first-order valence-corrected chi connectivity index (χ1v) is 11.9. The summed E-state index contributed by atoms with van der Waals surface area (Å²) in [5, 5.41) is 12.1. The molecule has 0 bridgehead atoms. The van der Waals surface area contributed by atoms with Gasteiger partial charge < -0.3 is 5.11 Å². The molecule has 4 rings (SSSR count). The Labute approximate surface area is 197 Å². The number of fused-ring (bicyclic) bond motifs is 1. The molecule has 1 aliphatic heterocycles. The Kier molecular flexibility index (Phi) is 6.49. The van der Waals surface area contributed by atoms with Crippen LogP contribution in [-0.2, 0) is 28.9 Å². The van der Waals surface area contributed by atoms with Gasteiger partial charge in [-0.1, -0.05) is 30.3 Å². The van der Waals surface area contributed by atoms with E-state index in [9.17, 15) is 39.9 Å². The van der Waals surface area contributed by atoms with E-state index in [-0.39, 0.29) is 50.1 Å². The summed E-state index contributed by atoms with van der Waals surface area (Å²) in [7, 11) is -4.61. The fourth-order valence-corrected chi connectivity index (χ4v) is 5.56. The quantitative estimate of drug-likeness (QED) is 0.489. The van der Waals surface area contributed by atoms with E-state index in [2.05, 4.69) is 0 Å². The van der Waals surface area contributed by atoms with Crippen LogP contribution in [0.25, 0.3) is 10.8 Å². The fraction of sp³-hybridized carbons (Fsp3) is 0.304. The Bertz CT molecular complexity index is 1320. The molecular formula is C23H20F6N2O3S. The second-order valence-electron chi connectivity index (χ2n) is 8.21. The molecule has 3 aromatic rings. The highest BCUT2D eigenvalue weighted by atomic mass is 32.2. The van der Waals surface area contributed by atoms with Gasteiger partial charge >= 0.3 is 12.4 Å². The second-order valence-corrected chi connectivity index (χ2v) is 10.1. The van der Waals surface area contributed by atoms with Crippen molar-refractivity contribution in [2.45, 2.75) is 23.8 Å². The normalized spacial score (nSPS) is 16.6. The van der Waals surface area contributed by atoms with Crippen LogP contribution in [0, 0.1) is 0 Å². The van der Waals surface area contributed by atoms with Gasteiger partial charge in [-0.3, -0.25) is 4.90 Å². The second kappa shape index (κ2) is 8.99. The molecule has 0 unspecified atom stereocenters. The lowest BCUT2D eigenvalue weighted by atomic mass is 10.0. The van der Waals surface area contributed by atoms with E-state index in [0.29, 0.717) is 12.1 Å². The number of phenols is 1. The molecule has 0 aliphatic carbocycles. The van der Waals surface area contributed by atoms with Gasteiger partial charge in [0.05, 0.1) is 16.0 Å². The zero-order valence-electron chi connectivity index (χ0n) is 18.1. The highest BCUT2D eigenvalue weighted by Gasteiger charge is 2.39. The van der Waals surface area contributed by atoms with Crippen LogP contribution in [0.4, 0.5) is 26.3 Å². The molecule has 1 saturated heterocycles. The first kappa shape index (κ1) is 25.3. The summed E-state index contributed by atoms with van der Waals surface area (Å²) in [6, 6.07) is 11.1. The molecule has 1 fully saturated rings. The number of phenolic OH excluding ortho intramolecular Hbond substituents is 1. The van der Waals surface area contributed by atoms with E-state index in [0.717, 1.165) is 15.1 Å². The van der Waals surface area contributed by atoms with Crippen molar-refractivity contribution in [1.29, 1.82) is 0 Å². The van der Waals surface area contributed by atoms with Gasteiger partial charge in [0.1, 0.15) is 5.75 Å². The molecule has 1 N–H and O–H groups in total. The SMILES string of the molecule is O=S(=O)(c1cc(C(F)(F)F)cc(C(F)(F)F)c1)N1CCN(Cc2c(O)ccc3ccccc23)CC1. The summed E-state index contributed by atoms with van der Waals surface area (Å²) in [5.74, 6) is 0.0717. The van der Waals surface area contributed by atoms with Gasteiger partial charge in [0.2, 0.25) is 10.0 Å². The van der Waals surface area contributed by atoms with Crippen molar-refractivity contribution < 1.29 is 39.9 Å². The minimum Gasteiger partial charge on any atom is -0.508 e. The van der Waals surface area contributed by atoms with Gasteiger partial charge in [-0.05, 0) is 35.0 Å². The third kappa shape index (κ3) is 5.24. The third-order valence-corrected chi connectivity index (χ3v) is 7.80. The molecule has 0 spiro atoms. The highest BCUT2D eigenvalue weighted by Crippen LogP contribution is 2.38. The fourth-order valence-electron chi connectivity index (χ4n) is 4.07. The number of hydrogen-bond acceptors (Lipinski definition) is 4. The van der Waals surface area contributed by atoms with Crippen LogP contribution in [0.3, 0.4) is 0 Å². The van der Waals surface area contributed by atoms with Crippen molar-refractivity contribution in [3.63, 3.8) is 0 Å². The van der Waals surface area contributed by atoms with Gasteiger partial charge in [-0.25, -0.2) is 8.42 Å². The predicted octanol–water partition coefficient (Wildman–Crippen LogP) is 5.09. The summed E-state index contributed by atoms with van der Waals surface area (Å²) >= 11 is 0.